The predicted octanol–water partition coefficient (Wildman–Crippen LogP) is 2.32. The molecule has 1 fully saturated rings. The van der Waals surface area contributed by atoms with Crippen molar-refractivity contribution in [1.29, 1.82) is 0 Å². The molecule has 1 aromatic heterocycles. The van der Waals surface area contributed by atoms with Gasteiger partial charge in [-0.3, -0.25) is 4.90 Å². The smallest absolute Gasteiger partial charge is 0.240 e. The Morgan fingerprint density at radius 3 is 2.70 bits per heavy atom. The lowest BCUT2D eigenvalue weighted by Crippen LogP contribution is -2.46. The van der Waals surface area contributed by atoms with Gasteiger partial charge in [0.1, 0.15) is 0 Å². The predicted molar refractivity (Wildman–Crippen MR) is 79.3 cm³/mol. The Hall–Kier alpha value is -0.940. The Balaban J connectivity index is 2.00. The number of nitrogens with two attached hydrogens (primary N) is 1. The van der Waals surface area contributed by atoms with Crippen molar-refractivity contribution in [2.24, 2.45) is 11.7 Å². The van der Waals surface area contributed by atoms with Crippen LogP contribution in [0, 0.1) is 5.92 Å². The summed E-state index contributed by atoms with van der Waals surface area (Å²) in [4.78, 5) is 6.92. The highest BCUT2D eigenvalue weighted by Gasteiger charge is 2.28. The summed E-state index contributed by atoms with van der Waals surface area (Å²) in [6.07, 6.45) is 3.68. The highest BCUT2D eigenvalue weighted by Crippen LogP contribution is 2.26. The van der Waals surface area contributed by atoms with Crippen LogP contribution in [0.1, 0.15) is 58.7 Å². The topological polar surface area (TPSA) is 68.2 Å². The summed E-state index contributed by atoms with van der Waals surface area (Å²) in [7, 11) is 0. The number of hydrogen-bond donors (Lipinski definition) is 1. The van der Waals surface area contributed by atoms with Crippen molar-refractivity contribution in [3.63, 3.8) is 0 Å². The molecule has 0 amide bonds. The molecule has 1 aliphatic rings. The molecule has 5 nitrogen and oxygen atoms in total. The number of hydrogen-bond acceptors (Lipinski definition) is 5. The van der Waals surface area contributed by atoms with E-state index in [9.17, 15) is 0 Å². The van der Waals surface area contributed by atoms with Gasteiger partial charge in [0, 0.05) is 18.0 Å². The lowest BCUT2D eigenvalue weighted by Gasteiger charge is -2.37. The van der Waals surface area contributed by atoms with E-state index in [1.165, 1.54) is 19.3 Å². The zero-order valence-corrected chi connectivity index (χ0v) is 13.2. The molecule has 2 unspecified atom stereocenters. The number of piperidine rings is 1. The molecule has 0 bridgehead atoms. The van der Waals surface area contributed by atoms with E-state index in [1.807, 2.05) is 0 Å². The Kier molecular flexibility index (Phi) is 4.81. The van der Waals surface area contributed by atoms with E-state index in [0.29, 0.717) is 18.5 Å². The van der Waals surface area contributed by atoms with Gasteiger partial charge in [0.05, 0.1) is 6.54 Å². The second-order valence-electron chi connectivity index (χ2n) is 6.92. The first-order valence-corrected chi connectivity index (χ1v) is 7.71. The van der Waals surface area contributed by atoms with E-state index in [4.69, 9.17) is 10.3 Å². The maximum absolute atomic E-state index is 5.93. The first kappa shape index (κ1) is 15.4. The van der Waals surface area contributed by atoms with E-state index >= 15 is 0 Å². The highest BCUT2D eigenvalue weighted by molar-refractivity contribution is 5.00. The van der Waals surface area contributed by atoms with Gasteiger partial charge in [-0.2, -0.15) is 4.98 Å². The number of nitrogens with zero attached hydrogens (tertiary/aromatic N) is 3. The highest BCUT2D eigenvalue weighted by atomic mass is 16.5. The molecule has 1 saturated heterocycles. The second-order valence-corrected chi connectivity index (χ2v) is 6.92. The first-order valence-electron chi connectivity index (χ1n) is 7.71. The zero-order chi connectivity index (χ0) is 14.8. The van der Waals surface area contributed by atoms with Crippen LogP contribution in [0.2, 0.25) is 0 Å². The summed E-state index contributed by atoms with van der Waals surface area (Å²) in [6.45, 7) is 11.1. The largest absolute Gasteiger partial charge is 0.338 e. The minimum absolute atomic E-state index is 0.0653. The van der Waals surface area contributed by atoms with E-state index in [2.05, 4.69) is 42.7 Å². The molecule has 2 atom stereocenters. The van der Waals surface area contributed by atoms with Crippen molar-refractivity contribution in [3.8, 4) is 0 Å². The summed E-state index contributed by atoms with van der Waals surface area (Å²) < 4.78 is 5.40. The summed E-state index contributed by atoms with van der Waals surface area (Å²) in [6, 6.07) is 0.443. The molecule has 0 saturated carbocycles. The molecule has 1 aliphatic heterocycles. The molecule has 5 heteroatoms. The fourth-order valence-corrected chi connectivity index (χ4v) is 2.80. The third-order valence-electron chi connectivity index (χ3n) is 4.27. The fourth-order valence-electron chi connectivity index (χ4n) is 2.80. The third kappa shape index (κ3) is 3.58. The summed E-state index contributed by atoms with van der Waals surface area (Å²) >= 11 is 0. The summed E-state index contributed by atoms with van der Waals surface area (Å²) in [5.74, 6) is 2.30. The molecule has 1 aromatic rings. The zero-order valence-electron chi connectivity index (χ0n) is 13.2. The fraction of sp³-hybridized carbons (Fsp3) is 0.867. The molecule has 0 spiro atoms. The van der Waals surface area contributed by atoms with Gasteiger partial charge in [0.2, 0.25) is 5.89 Å². The van der Waals surface area contributed by atoms with Crippen molar-refractivity contribution < 1.29 is 4.52 Å². The van der Waals surface area contributed by atoms with Crippen molar-refractivity contribution in [1.82, 2.24) is 15.0 Å². The molecule has 2 heterocycles. The molecular formula is C15H28N4O. The van der Waals surface area contributed by atoms with Gasteiger partial charge in [-0.05, 0) is 25.3 Å². The summed E-state index contributed by atoms with van der Waals surface area (Å²) in [5, 5.41) is 4.09. The van der Waals surface area contributed by atoms with Crippen molar-refractivity contribution in [2.45, 2.75) is 65.0 Å². The SMILES string of the molecule is CCC1CCN(Cc2nc(C(C)(C)C)no2)C(CN)C1. The van der Waals surface area contributed by atoms with Crippen LogP contribution in [0.25, 0.3) is 0 Å². The van der Waals surface area contributed by atoms with Crippen LogP contribution >= 0.6 is 0 Å². The number of aromatic nitrogens is 2. The Bertz CT molecular complexity index is 424. The van der Waals surface area contributed by atoms with Crippen LogP contribution in [0.15, 0.2) is 4.52 Å². The molecule has 20 heavy (non-hydrogen) atoms. The van der Waals surface area contributed by atoms with Gasteiger partial charge < -0.3 is 10.3 Å². The van der Waals surface area contributed by atoms with Gasteiger partial charge in [-0.1, -0.05) is 39.3 Å². The molecule has 2 rings (SSSR count). The maximum atomic E-state index is 5.93. The summed E-state index contributed by atoms with van der Waals surface area (Å²) in [5.41, 5.74) is 5.87. The van der Waals surface area contributed by atoms with Crippen LogP contribution in [0.4, 0.5) is 0 Å². The standard InChI is InChI=1S/C15H28N4O/c1-5-11-6-7-19(12(8-11)9-16)10-13-17-14(18-20-13)15(2,3)4/h11-12H,5-10,16H2,1-4H3. The van der Waals surface area contributed by atoms with E-state index in [1.54, 1.807) is 0 Å². The Morgan fingerprint density at radius 2 is 2.15 bits per heavy atom. The van der Waals surface area contributed by atoms with E-state index in [-0.39, 0.29) is 5.41 Å². The van der Waals surface area contributed by atoms with E-state index in [0.717, 1.165) is 24.8 Å². The quantitative estimate of drug-likeness (QED) is 0.916. The molecule has 114 valence electrons. The molecule has 0 radical (unpaired) electrons. The second kappa shape index (κ2) is 6.22. The minimum atomic E-state index is -0.0653. The average Bonchev–Trinajstić information content (AvgIpc) is 2.87. The van der Waals surface area contributed by atoms with Crippen LogP contribution in [0.5, 0.6) is 0 Å². The average molecular weight is 280 g/mol. The number of likely N-dealkylation sites (tertiary alicyclic amines) is 1. The van der Waals surface area contributed by atoms with Crippen LogP contribution < -0.4 is 5.73 Å². The van der Waals surface area contributed by atoms with Crippen LogP contribution in [-0.4, -0.2) is 34.2 Å². The van der Waals surface area contributed by atoms with Gasteiger partial charge >= 0.3 is 0 Å². The van der Waals surface area contributed by atoms with Crippen molar-refractivity contribution >= 4 is 0 Å². The molecule has 2 N–H and O–H groups in total. The Morgan fingerprint density at radius 1 is 1.40 bits per heavy atom. The van der Waals surface area contributed by atoms with Crippen LogP contribution in [0.3, 0.4) is 0 Å². The lowest BCUT2D eigenvalue weighted by atomic mass is 9.89. The monoisotopic (exact) mass is 280 g/mol. The minimum Gasteiger partial charge on any atom is -0.338 e. The van der Waals surface area contributed by atoms with Crippen LogP contribution in [-0.2, 0) is 12.0 Å². The molecule has 0 aromatic carbocycles. The lowest BCUT2D eigenvalue weighted by molar-refractivity contribution is 0.0953. The Labute approximate surface area is 121 Å². The maximum Gasteiger partial charge on any atom is 0.240 e. The molecule has 0 aliphatic carbocycles. The normalized spacial score (nSPS) is 25.1. The first-order chi connectivity index (χ1) is 9.44. The molecular weight excluding hydrogens is 252 g/mol. The van der Waals surface area contributed by atoms with Gasteiger partial charge in [-0.15, -0.1) is 0 Å². The third-order valence-corrected chi connectivity index (χ3v) is 4.27. The van der Waals surface area contributed by atoms with E-state index < -0.39 is 0 Å². The number of rotatable bonds is 4. The van der Waals surface area contributed by atoms with Crippen molar-refractivity contribution in [2.75, 3.05) is 13.1 Å². The van der Waals surface area contributed by atoms with Crippen molar-refractivity contribution in [3.05, 3.63) is 11.7 Å². The van der Waals surface area contributed by atoms with Gasteiger partial charge in [-0.25, -0.2) is 0 Å². The van der Waals surface area contributed by atoms with Gasteiger partial charge in [0.25, 0.3) is 0 Å². The van der Waals surface area contributed by atoms with Gasteiger partial charge in [0.15, 0.2) is 5.82 Å².